The summed E-state index contributed by atoms with van der Waals surface area (Å²) >= 11 is 0. The molecule has 3 fully saturated rings. The number of rotatable bonds is 19. The number of carbonyl (C=O) groups is 6. The number of allylic oxidation sites excluding steroid dienone is 6. The number of aliphatic hydroxyl groups excluding tert-OH is 1. The van der Waals surface area contributed by atoms with Gasteiger partial charge in [0.25, 0.3) is 11.7 Å². The maximum atomic E-state index is 14.6. The molecule has 81 heavy (non-hydrogen) atoms. The van der Waals surface area contributed by atoms with E-state index < -0.39 is 102 Å². The number of methoxy groups -OCH3 is 4. The number of aliphatic hydroxyl groups is 2. The highest BCUT2D eigenvalue weighted by Crippen LogP contribution is 2.38. The zero-order valence-electron chi connectivity index (χ0n) is 50.3. The Hall–Kier alpha value is -4.22. The molecule has 4 aliphatic rings. The summed E-state index contributed by atoms with van der Waals surface area (Å²) < 4.78 is 57.0. The van der Waals surface area contributed by atoms with Crippen molar-refractivity contribution in [1.82, 2.24) is 10.2 Å². The minimum absolute atomic E-state index is 0.00372. The summed E-state index contributed by atoms with van der Waals surface area (Å²) in [6, 6.07) is -1.19. The lowest BCUT2D eigenvalue weighted by Crippen LogP contribution is -2.61. The molecule has 3 heterocycles. The van der Waals surface area contributed by atoms with Crippen molar-refractivity contribution in [3.8, 4) is 0 Å². The van der Waals surface area contributed by atoms with Crippen molar-refractivity contribution < 1.29 is 86.3 Å². The molecular weight excluding hydrogens is 1050 g/mol. The third-order valence-electron chi connectivity index (χ3n) is 16.4. The van der Waals surface area contributed by atoms with E-state index in [0.29, 0.717) is 109 Å². The van der Waals surface area contributed by atoms with E-state index in [1.807, 2.05) is 51.2 Å². The fraction of sp³-hybridized carbons (Fsp3) is 0.770. The van der Waals surface area contributed by atoms with Crippen molar-refractivity contribution in [3.63, 3.8) is 0 Å². The highest BCUT2D eigenvalue weighted by Gasteiger charge is 2.53. The lowest BCUT2D eigenvalue weighted by atomic mass is 9.78. The lowest BCUT2D eigenvalue weighted by molar-refractivity contribution is -0.265. The van der Waals surface area contributed by atoms with Gasteiger partial charge in [0.15, 0.2) is 5.78 Å². The van der Waals surface area contributed by atoms with Crippen LogP contribution in [0.1, 0.15) is 126 Å². The van der Waals surface area contributed by atoms with Crippen LogP contribution in [0.4, 0.5) is 4.79 Å². The van der Waals surface area contributed by atoms with E-state index in [2.05, 4.69) is 5.32 Å². The van der Waals surface area contributed by atoms with Gasteiger partial charge >= 0.3 is 12.1 Å². The number of nitrogens with zero attached hydrogens (tertiary/aromatic N) is 1. The second-order valence-electron chi connectivity index (χ2n) is 22.7. The van der Waals surface area contributed by atoms with Gasteiger partial charge in [0.1, 0.15) is 36.2 Å². The molecule has 1 aliphatic carbocycles. The van der Waals surface area contributed by atoms with Crippen LogP contribution >= 0.6 is 0 Å². The third kappa shape index (κ3) is 21.7. The van der Waals surface area contributed by atoms with E-state index in [4.69, 9.17) is 47.4 Å². The molecule has 0 aromatic rings. The predicted octanol–water partition coefficient (Wildman–Crippen LogP) is 6.61. The van der Waals surface area contributed by atoms with E-state index >= 15 is 0 Å². The standard InChI is InChI=1S/C61H98N2O18/c1-39-17-13-12-14-18-40(2)51(73-9)37-47-22-20-45(7)61(71,81-47)57(67)58(68)63-25-16-15-19-48(63)59(69)79-52(38-49(64)41(3)34-44(6)55(66)56(75-11)54(65)43(5)33-39)42(4)35-46-21-23-50(53(36-46)74-10)80-60(70)62-24-26-76-29-30-78-32-31-77-28-27-72-8/h12-14,17-18,34,39,41-43,45-48,50-53,55-56,66,71H,15-16,19-33,35-38H2,1-11H3,(H,62,70)/b14-12+,17-13+,40-18+,44-34+/t39-,41-,42-,43?,45-,46+,47+,48+,50-,51+,52+,53-,55-,56+,61-/m1/s1. The Morgan fingerprint density at radius 3 is 2.15 bits per heavy atom. The smallest absolute Gasteiger partial charge is 0.407 e. The zero-order chi connectivity index (χ0) is 59.6. The van der Waals surface area contributed by atoms with Crippen LogP contribution < -0.4 is 5.32 Å². The number of piperidine rings is 1. The fourth-order valence-electron chi connectivity index (χ4n) is 11.3. The summed E-state index contributed by atoms with van der Waals surface area (Å²) in [5, 5.41) is 26.3. The van der Waals surface area contributed by atoms with Gasteiger partial charge in [-0.25, -0.2) is 9.59 Å². The predicted molar refractivity (Wildman–Crippen MR) is 302 cm³/mol. The minimum atomic E-state index is -2.46. The van der Waals surface area contributed by atoms with Gasteiger partial charge in [-0.1, -0.05) is 71.1 Å². The fourth-order valence-corrected chi connectivity index (χ4v) is 11.3. The molecule has 3 N–H and O–H groups in total. The number of hydrogen-bond acceptors (Lipinski definition) is 18. The van der Waals surface area contributed by atoms with Crippen molar-refractivity contribution in [2.45, 2.75) is 180 Å². The summed E-state index contributed by atoms with van der Waals surface area (Å²) in [6.07, 6.45) is 9.76. The largest absolute Gasteiger partial charge is 0.460 e. The van der Waals surface area contributed by atoms with Gasteiger partial charge in [-0.05, 0) is 107 Å². The summed E-state index contributed by atoms with van der Waals surface area (Å²) in [4.78, 5) is 85.7. The Morgan fingerprint density at radius 1 is 0.790 bits per heavy atom. The van der Waals surface area contributed by atoms with E-state index in [9.17, 15) is 39.0 Å². The van der Waals surface area contributed by atoms with Crippen molar-refractivity contribution in [2.75, 3.05) is 87.8 Å². The topological polar surface area (TPSA) is 250 Å². The Bertz CT molecular complexity index is 2110. The molecule has 0 aromatic heterocycles. The van der Waals surface area contributed by atoms with Crippen LogP contribution in [0.2, 0.25) is 0 Å². The highest BCUT2D eigenvalue weighted by atomic mass is 16.6. The Labute approximate surface area is 481 Å². The maximum Gasteiger partial charge on any atom is 0.407 e. The van der Waals surface area contributed by atoms with E-state index in [-0.39, 0.29) is 55.9 Å². The van der Waals surface area contributed by atoms with Crippen LogP contribution in [-0.2, 0) is 71.3 Å². The van der Waals surface area contributed by atoms with Crippen LogP contribution in [0, 0.1) is 35.5 Å². The number of hydrogen-bond donors (Lipinski definition) is 3. The number of alkyl carbamates (subject to hydrolysis) is 1. The number of carbonyl (C=O) groups excluding carboxylic acids is 6. The minimum Gasteiger partial charge on any atom is -0.460 e. The molecule has 20 heteroatoms. The maximum absolute atomic E-state index is 14.6. The number of amides is 2. The summed E-state index contributed by atoms with van der Waals surface area (Å²) in [6.45, 7) is 15.8. The van der Waals surface area contributed by atoms with E-state index in [1.54, 1.807) is 55.1 Å². The van der Waals surface area contributed by atoms with Gasteiger partial charge < -0.3 is 67.8 Å². The molecule has 3 aliphatic heterocycles. The normalized spacial score (nSPS) is 34.7. The van der Waals surface area contributed by atoms with Crippen molar-refractivity contribution in [2.24, 2.45) is 35.5 Å². The molecule has 2 bridgehead atoms. The first-order valence-corrected chi connectivity index (χ1v) is 29.3. The van der Waals surface area contributed by atoms with Gasteiger partial charge in [-0.15, -0.1) is 0 Å². The van der Waals surface area contributed by atoms with E-state index in [1.165, 1.54) is 12.0 Å². The monoisotopic (exact) mass is 1150 g/mol. The van der Waals surface area contributed by atoms with Gasteiger partial charge in [0, 0.05) is 72.1 Å². The van der Waals surface area contributed by atoms with Gasteiger partial charge in [-0.3, -0.25) is 19.2 Å². The molecule has 0 spiro atoms. The number of ketones is 3. The van der Waals surface area contributed by atoms with Crippen LogP contribution in [0.15, 0.2) is 47.6 Å². The van der Waals surface area contributed by atoms with E-state index in [0.717, 1.165) is 5.57 Å². The molecule has 0 aromatic carbocycles. The average Bonchev–Trinajstić information content (AvgIpc) is 3.56. The molecular formula is C61H98N2O18. The van der Waals surface area contributed by atoms with Crippen LogP contribution in [0.5, 0.6) is 0 Å². The van der Waals surface area contributed by atoms with Gasteiger partial charge in [-0.2, -0.15) is 0 Å². The molecule has 0 radical (unpaired) electrons. The Morgan fingerprint density at radius 2 is 1.48 bits per heavy atom. The summed E-state index contributed by atoms with van der Waals surface area (Å²) in [7, 11) is 6.11. The molecule has 15 atom stereocenters. The summed E-state index contributed by atoms with van der Waals surface area (Å²) in [5.41, 5.74) is 1.23. The molecule has 20 nitrogen and oxygen atoms in total. The van der Waals surface area contributed by atoms with Gasteiger partial charge in [0.05, 0.1) is 64.6 Å². The van der Waals surface area contributed by atoms with Crippen LogP contribution in [0.25, 0.3) is 0 Å². The Balaban J connectivity index is 1.55. The number of cyclic esters (lactones) is 1. The van der Waals surface area contributed by atoms with Crippen molar-refractivity contribution >= 4 is 35.3 Å². The third-order valence-corrected chi connectivity index (χ3v) is 16.4. The first kappa shape index (κ1) is 69.3. The quantitative estimate of drug-likeness (QED) is 0.0532. The van der Waals surface area contributed by atoms with Gasteiger partial charge in [0.2, 0.25) is 5.79 Å². The highest BCUT2D eigenvalue weighted by molar-refractivity contribution is 6.39. The number of fused-ring (bicyclic) bond motifs is 3. The lowest BCUT2D eigenvalue weighted by Gasteiger charge is -2.42. The first-order valence-electron chi connectivity index (χ1n) is 29.3. The van der Waals surface area contributed by atoms with Crippen molar-refractivity contribution in [1.29, 1.82) is 0 Å². The average molecular weight is 1150 g/mol. The Kier molecular flexibility index (Phi) is 30.6. The van der Waals surface area contributed by atoms with Crippen LogP contribution in [-0.4, -0.2) is 193 Å². The summed E-state index contributed by atoms with van der Waals surface area (Å²) in [5.74, 6) is -8.45. The van der Waals surface area contributed by atoms with Crippen LogP contribution in [0.3, 0.4) is 0 Å². The molecule has 4 rings (SSSR count). The molecule has 460 valence electrons. The number of nitrogens with one attached hydrogen (secondary N) is 1. The first-order chi connectivity index (χ1) is 38.7. The number of ether oxygens (including phenoxy) is 10. The van der Waals surface area contributed by atoms with Crippen molar-refractivity contribution in [3.05, 3.63) is 47.6 Å². The molecule has 2 amide bonds. The molecule has 1 saturated carbocycles. The second kappa shape index (κ2) is 35.8. The number of esters is 1. The SMILES string of the molecule is COCCOCCOCCOCCNC(=O)O[C@@H]1CC[C@@H](C[C@@H](C)[C@@H]2CC(=O)[C@H](C)/C=C(\C)[C@@H](O)[C@@H](OC)C(=O)C(C)C[C@H](C)/C=C/C=C/C=C(\C)[C@@H](OC)C[C@@H]3CC[C@@H](C)[C@@](O)(O3)C(=O)C(=O)N3CCCC[C@H]3C(=O)O2)C[C@H]1OC. The second-order valence-corrected chi connectivity index (χ2v) is 22.7. The zero-order valence-corrected chi connectivity index (χ0v) is 50.3. The molecule has 1 unspecified atom stereocenters. The molecule has 2 saturated heterocycles. The number of Topliss-reactive ketones (excluding diaryl/α,β-unsaturated/α-hetero) is 3.